The fourth-order valence-corrected chi connectivity index (χ4v) is 5.55. The van der Waals surface area contributed by atoms with Gasteiger partial charge in [0.15, 0.2) is 0 Å². The number of para-hydroxylation sites is 1. The lowest BCUT2D eigenvalue weighted by Gasteiger charge is -2.39. The minimum absolute atomic E-state index is 0.0323. The molecule has 1 saturated heterocycles. The summed E-state index contributed by atoms with van der Waals surface area (Å²) in [7, 11) is 0. The van der Waals surface area contributed by atoms with Crippen LogP contribution >= 0.6 is 11.8 Å². The Hall–Kier alpha value is -1.98. The average Bonchev–Trinajstić information content (AvgIpc) is 3.27. The molecular formula is C25H33N3OS. The van der Waals surface area contributed by atoms with E-state index in [1.54, 1.807) is 11.8 Å². The number of nitrogens with one attached hydrogen (secondary N) is 1. The highest BCUT2D eigenvalue weighted by atomic mass is 32.2. The Balaban J connectivity index is 1.60. The van der Waals surface area contributed by atoms with Crippen LogP contribution in [0.15, 0.2) is 52.3 Å². The molecular weight excluding hydrogens is 390 g/mol. The first-order valence-corrected chi connectivity index (χ1v) is 12.2. The number of unbranched alkanes of at least 4 members (excludes halogenated alkanes) is 2. The number of nitrogens with zero attached hydrogens (tertiary/aromatic N) is 2. The van der Waals surface area contributed by atoms with Crippen LogP contribution in [0.4, 0.5) is 11.4 Å². The highest BCUT2D eigenvalue weighted by molar-refractivity contribution is 7.99. The van der Waals surface area contributed by atoms with Gasteiger partial charge in [-0.2, -0.15) is 0 Å². The van der Waals surface area contributed by atoms with Gasteiger partial charge in [-0.3, -0.25) is 4.79 Å². The van der Waals surface area contributed by atoms with Crippen molar-refractivity contribution in [2.45, 2.75) is 61.8 Å². The molecule has 160 valence electrons. The minimum atomic E-state index is 0.0323. The lowest BCUT2D eigenvalue weighted by atomic mass is 10.1. The molecule has 0 aliphatic carbocycles. The van der Waals surface area contributed by atoms with Gasteiger partial charge in [0.25, 0.3) is 5.91 Å². The number of fused-ring (bicyclic) bond motifs is 2. The van der Waals surface area contributed by atoms with Gasteiger partial charge < -0.3 is 15.1 Å². The van der Waals surface area contributed by atoms with Gasteiger partial charge >= 0.3 is 0 Å². The van der Waals surface area contributed by atoms with E-state index in [0.717, 1.165) is 43.6 Å². The maximum Gasteiger partial charge on any atom is 0.251 e. The van der Waals surface area contributed by atoms with E-state index in [2.05, 4.69) is 65.4 Å². The molecule has 30 heavy (non-hydrogen) atoms. The maximum atomic E-state index is 12.7. The van der Waals surface area contributed by atoms with Crippen LogP contribution in [0.2, 0.25) is 0 Å². The highest BCUT2D eigenvalue weighted by Gasteiger charge is 2.29. The third kappa shape index (κ3) is 4.68. The summed E-state index contributed by atoms with van der Waals surface area (Å²) in [5.74, 6) is 0.0323. The number of anilines is 2. The van der Waals surface area contributed by atoms with Crippen molar-refractivity contribution in [2.75, 3.05) is 31.1 Å². The largest absolute Gasteiger partial charge is 0.352 e. The number of rotatable bonds is 8. The molecule has 4 nitrogen and oxygen atoms in total. The van der Waals surface area contributed by atoms with Crippen molar-refractivity contribution in [3.63, 3.8) is 0 Å². The van der Waals surface area contributed by atoms with Gasteiger partial charge in [0.05, 0.1) is 11.4 Å². The van der Waals surface area contributed by atoms with Crippen molar-refractivity contribution in [3.05, 3.63) is 48.0 Å². The Morgan fingerprint density at radius 3 is 2.63 bits per heavy atom. The Bertz CT molecular complexity index is 878. The zero-order valence-corrected chi connectivity index (χ0v) is 19.0. The first-order valence-electron chi connectivity index (χ1n) is 11.4. The molecule has 1 fully saturated rings. The summed E-state index contributed by atoms with van der Waals surface area (Å²) in [6.45, 7) is 8.68. The molecule has 0 bridgehead atoms. The molecule has 1 amide bonds. The van der Waals surface area contributed by atoms with Crippen LogP contribution in [-0.4, -0.2) is 43.0 Å². The zero-order chi connectivity index (χ0) is 20.9. The molecule has 1 unspecified atom stereocenters. The van der Waals surface area contributed by atoms with Crippen molar-refractivity contribution < 1.29 is 4.79 Å². The standard InChI is InChI=1S/C25H33N3OS/c1-3-4-7-14-26-25(29)20-12-13-24-22(17-20)28(19(2)18-27-15-8-9-16-27)21-10-5-6-11-23(21)30-24/h5-6,10-13,17,19H,3-4,7-9,14-16,18H2,1-2H3,(H,26,29). The number of carbonyl (C=O) groups excluding carboxylic acids is 1. The van der Waals surface area contributed by atoms with Gasteiger partial charge in [-0.25, -0.2) is 0 Å². The van der Waals surface area contributed by atoms with Crippen LogP contribution in [0, 0.1) is 0 Å². The topological polar surface area (TPSA) is 35.6 Å². The molecule has 2 heterocycles. The first kappa shape index (κ1) is 21.3. The second-order valence-electron chi connectivity index (χ2n) is 8.44. The van der Waals surface area contributed by atoms with Gasteiger partial charge in [-0.05, 0) is 69.6 Å². The highest BCUT2D eigenvalue weighted by Crippen LogP contribution is 2.49. The van der Waals surface area contributed by atoms with Crippen LogP contribution in [0.25, 0.3) is 0 Å². The lowest BCUT2D eigenvalue weighted by Crippen LogP contribution is -2.40. The molecule has 5 heteroatoms. The van der Waals surface area contributed by atoms with Crippen molar-refractivity contribution in [1.82, 2.24) is 10.2 Å². The Kier molecular flexibility index (Phi) is 7.00. The van der Waals surface area contributed by atoms with Gasteiger partial charge in [0.1, 0.15) is 0 Å². The zero-order valence-electron chi connectivity index (χ0n) is 18.2. The molecule has 2 aromatic carbocycles. The first-order chi connectivity index (χ1) is 14.7. The summed E-state index contributed by atoms with van der Waals surface area (Å²) in [5.41, 5.74) is 3.16. The van der Waals surface area contributed by atoms with Crippen LogP contribution in [0.5, 0.6) is 0 Å². The summed E-state index contributed by atoms with van der Waals surface area (Å²) < 4.78 is 0. The second kappa shape index (κ2) is 9.88. The SMILES string of the molecule is CCCCCNC(=O)c1ccc2c(c1)N(C(C)CN1CCCC1)c1ccccc1S2. The van der Waals surface area contributed by atoms with E-state index in [0.29, 0.717) is 6.04 Å². The number of hydrogen-bond donors (Lipinski definition) is 1. The van der Waals surface area contributed by atoms with E-state index >= 15 is 0 Å². The molecule has 0 aromatic heterocycles. The molecule has 0 spiro atoms. The molecule has 4 rings (SSSR count). The maximum absolute atomic E-state index is 12.7. The van der Waals surface area contributed by atoms with Gasteiger partial charge in [0.2, 0.25) is 0 Å². The molecule has 0 radical (unpaired) electrons. The fourth-order valence-electron chi connectivity index (χ4n) is 4.50. The summed E-state index contributed by atoms with van der Waals surface area (Å²) in [4.78, 5) is 20.3. The van der Waals surface area contributed by atoms with Crippen LogP contribution in [0.3, 0.4) is 0 Å². The van der Waals surface area contributed by atoms with Crippen molar-refractivity contribution >= 4 is 29.0 Å². The van der Waals surface area contributed by atoms with Crippen LogP contribution in [-0.2, 0) is 0 Å². The quantitative estimate of drug-likeness (QED) is 0.553. The number of likely N-dealkylation sites (tertiary alicyclic amines) is 1. The average molecular weight is 424 g/mol. The van der Waals surface area contributed by atoms with E-state index in [1.807, 2.05) is 6.07 Å². The summed E-state index contributed by atoms with van der Waals surface area (Å²) in [6.07, 6.45) is 5.96. The van der Waals surface area contributed by atoms with E-state index in [9.17, 15) is 4.79 Å². The summed E-state index contributed by atoms with van der Waals surface area (Å²) in [6, 6.07) is 15.2. The predicted molar refractivity (Wildman–Crippen MR) is 126 cm³/mol. The van der Waals surface area contributed by atoms with Crippen molar-refractivity contribution in [3.8, 4) is 0 Å². The third-order valence-corrected chi connectivity index (χ3v) is 7.18. The van der Waals surface area contributed by atoms with Crippen molar-refractivity contribution in [2.24, 2.45) is 0 Å². The van der Waals surface area contributed by atoms with Crippen molar-refractivity contribution in [1.29, 1.82) is 0 Å². The summed E-state index contributed by atoms with van der Waals surface area (Å²) >= 11 is 1.80. The van der Waals surface area contributed by atoms with Gasteiger partial charge in [0, 0.05) is 34.5 Å². The number of carbonyl (C=O) groups is 1. The Morgan fingerprint density at radius 2 is 1.83 bits per heavy atom. The fraction of sp³-hybridized carbons (Fsp3) is 0.480. The molecule has 2 aromatic rings. The van der Waals surface area contributed by atoms with Crippen LogP contribution < -0.4 is 10.2 Å². The van der Waals surface area contributed by atoms with Crippen LogP contribution in [0.1, 0.15) is 56.3 Å². The smallest absolute Gasteiger partial charge is 0.251 e. The lowest BCUT2D eigenvalue weighted by molar-refractivity contribution is 0.0953. The van der Waals surface area contributed by atoms with E-state index in [4.69, 9.17) is 0 Å². The number of amides is 1. The molecule has 1 atom stereocenters. The predicted octanol–water partition coefficient (Wildman–Crippen LogP) is 5.69. The van der Waals surface area contributed by atoms with E-state index in [-0.39, 0.29) is 5.91 Å². The molecule has 2 aliphatic rings. The van der Waals surface area contributed by atoms with E-state index in [1.165, 1.54) is 41.4 Å². The van der Waals surface area contributed by atoms with E-state index < -0.39 is 0 Å². The number of benzene rings is 2. The number of hydrogen-bond acceptors (Lipinski definition) is 4. The Labute approximate surface area is 185 Å². The normalized spacial score (nSPS) is 16.8. The monoisotopic (exact) mass is 423 g/mol. The van der Waals surface area contributed by atoms with Gasteiger partial charge in [-0.1, -0.05) is 43.7 Å². The molecule has 2 aliphatic heterocycles. The summed E-state index contributed by atoms with van der Waals surface area (Å²) in [5, 5.41) is 3.09. The molecule has 0 saturated carbocycles. The third-order valence-electron chi connectivity index (χ3n) is 6.05. The van der Waals surface area contributed by atoms with Gasteiger partial charge in [-0.15, -0.1) is 0 Å². The second-order valence-corrected chi connectivity index (χ2v) is 9.53. The minimum Gasteiger partial charge on any atom is -0.352 e. The molecule has 1 N–H and O–H groups in total. The Morgan fingerprint density at radius 1 is 1.07 bits per heavy atom.